The van der Waals surface area contributed by atoms with Gasteiger partial charge >= 0.3 is 0 Å². The molecule has 3 rings (SSSR count). The molecule has 0 bridgehead atoms. The Labute approximate surface area is 147 Å². The first-order valence-electron chi connectivity index (χ1n) is 8.19. The van der Waals surface area contributed by atoms with Crippen LogP contribution < -0.4 is 4.90 Å². The number of benzene rings is 1. The first-order valence-corrected chi connectivity index (χ1v) is 8.57. The van der Waals surface area contributed by atoms with Crippen LogP contribution in [0.2, 0.25) is 5.15 Å². The second-order valence-electron chi connectivity index (χ2n) is 5.90. The summed E-state index contributed by atoms with van der Waals surface area (Å²) in [4.78, 5) is 19.8. The van der Waals surface area contributed by atoms with E-state index in [2.05, 4.69) is 29.3 Å². The van der Waals surface area contributed by atoms with Gasteiger partial charge in [-0.3, -0.25) is 4.79 Å². The molecule has 0 spiro atoms. The fourth-order valence-electron chi connectivity index (χ4n) is 2.87. The second-order valence-corrected chi connectivity index (χ2v) is 6.26. The lowest BCUT2D eigenvalue weighted by molar-refractivity contribution is -0.898. The minimum absolute atomic E-state index is 0.0213. The molecule has 5 heteroatoms. The Bertz CT molecular complexity index is 710. The summed E-state index contributed by atoms with van der Waals surface area (Å²) in [6.45, 7) is 4.37. The van der Waals surface area contributed by atoms with Crippen molar-refractivity contribution in [2.75, 3.05) is 32.7 Å². The molecule has 0 unspecified atom stereocenters. The summed E-state index contributed by atoms with van der Waals surface area (Å²) in [5.41, 5.74) is 1.71. The van der Waals surface area contributed by atoms with E-state index < -0.39 is 0 Å². The first kappa shape index (κ1) is 16.7. The molecule has 0 aliphatic carbocycles. The molecule has 1 aliphatic heterocycles. The number of hydrogen-bond donors (Lipinski definition) is 1. The molecular weight excluding hydrogens is 322 g/mol. The molecule has 4 nitrogen and oxygen atoms in total. The second kappa shape index (κ2) is 8.08. The molecule has 0 radical (unpaired) electrons. The van der Waals surface area contributed by atoms with E-state index in [9.17, 15) is 4.79 Å². The molecular formula is C19H21ClN3O+. The zero-order chi connectivity index (χ0) is 16.8. The van der Waals surface area contributed by atoms with E-state index in [1.807, 2.05) is 23.1 Å². The van der Waals surface area contributed by atoms with Crippen molar-refractivity contribution in [2.45, 2.75) is 0 Å². The van der Waals surface area contributed by atoms with E-state index in [1.165, 1.54) is 10.5 Å². The van der Waals surface area contributed by atoms with Crippen molar-refractivity contribution >= 4 is 23.6 Å². The van der Waals surface area contributed by atoms with Gasteiger partial charge in [0.1, 0.15) is 5.15 Å². The first-order chi connectivity index (χ1) is 11.7. The van der Waals surface area contributed by atoms with Crippen LogP contribution in [0, 0.1) is 0 Å². The van der Waals surface area contributed by atoms with Gasteiger partial charge in [-0.25, -0.2) is 4.98 Å². The highest BCUT2D eigenvalue weighted by molar-refractivity contribution is 6.32. The number of halogens is 1. The number of nitrogens with zero attached hydrogens (tertiary/aromatic N) is 2. The quantitative estimate of drug-likeness (QED) is 0.860. The third-order valence-corrected chi connectivity index (χ3v) is 4.56. The number of carbonyl (C=O) groups excluding carboxylic acids is 1. The highest BCUT2D eigenvalue weighted by Crippen LogP contribution is 2.14. The van der Waals surface area contributed by atoms with Crippen LogP contribution in [-0.2, 0) is 0 Å². The number of rotatable bonds is 4. The number of nitrogens with one attached hydrogen (secondary N) is 1. The molecule has 124 valence electrons. The summed E-state index contributed by atoms with van der Waals surface area (Å²) in [5, 5.41) is 0.281. The maximum Gasteiger partial charge on any atom is 0.257 e. The summed E-state index contributed by atoms with van der Waals surface area (Å²) in [7, 11) is 0. The van der Waals surface area contributed by atoms with Crippen molar-refractivity contribution in [1.29, 1.82) is 0 Å². The van der Waals surface area contributed by atoms with Crippen LogP contribution in [0.1, 0.15) is 15.9 Å². The Balaban J connectivity index is 1.50. The van der Waals surface area contributed by atoms with Gasteiger partial charge in [0.05, 0.1) is 38.3 Å². The third kappa shape index (κ3) is 4.22. The van der Waals surface area contributed by atoms with Gasteiger partial charge in [-0.15, -0.1) is 0 Å². The standard InChI is InChI=1S/C19H20ClN3O/c20-18-17(9-4-10-21-18)19(24)23-14-12-22(13-15-23)11-5-8-16-6-2-1-3-7-16/h1-10H,11-15H2/p+1/b8-5+. The third-order valence-electron chi connectivity index (χ3n) is 4.26. The van der Waals surface area contributed by atoms with Gasteiger partial charge in [-0.1, -0.05) is 48.0 Å². The largest absolute Gasteiger partial charge is 0.329 e. The molecule has 2 aromatic rings. The van der Waals surface area contributed by atoms with E-state index in [4.69, 9.17) is 11.6 Å². The van der Waals surface area contributed by atoms with Crippen LogP contribution in [0.4, 0.5) is 0 Å². The molecule has 1 saturated heterocycles. The topological polar surface area (TPSA) is 37.6 Å². The summed E-state index contributed by atoms with van der Waals surface area (Å²) in [5.74, 6) is -0.0213. The maximum absolute atomic E-state index is 12.5. The SMILES string of the molecule is O=C(c1cccnc1Cl)N1CC[NH+](C/C=C/c2ccccc2)CC1. The van der Waals surface area contributed by atoms with Crippen molar-refractivity contribution in [3.05, 3.63) is 71.0 Å². The van der Waals surface area contributed by atoms with Crippen LogP contribution in [0.25, 0.3) is 6.08 Å². The molecule has 0 atom stereocenters. The number of hydrogen-bond acceptors (Lipinski definition) is 2. The number of pyridine rings is 1. The highest BCUT2D eigenvalue weighted by atomic mass is 35.5. The molecule has 1 N–H and O–H groups in total. The molecule has 1 amide bonds. The lowest BCUT2D eigenvalue weighted by Crippen LogP contribution is -3.14. The number of amides is 1. The molecule has 1 fully saturated rings. The van der Waals surface area contributed by atoms with E-state index in [1.54, 1.807) is 18.3 Å². The molecule has 24 heavy (non-hydrogen) atoms. The van der Waals surface area contributed by atoms with Gasteiger partial charge in [-0.2, -0.15) is 0 Å². The normalized spacial score (nSPS) is 15.8. The Morgan fingerprint density at radius 2 is 1.92 bits per heavy atom. The zero-order valence-electron chi connectivity index (χ0n) is 13.5. The van der Waals surface area contributed by atoms with Gasteiger partial charge in [0.2, 0.25) is 0 Å². The fourth-order valence-corrected chi connectivity index (χ4v) is 3.07. The Morgan fingerprint density at radius 1 is 1.17 bits per heavy atom. The number of aromatic nitrogens is 1. The fraction of sp³-hybridized carbons (Fsp3) is 0.263. The average Bonchev–Trinajstić information content (AvgIpc) is 2.63. The molecule has 1 aromatic carbocycles. The monoisotopic (exact) mass is 342 g/mol. The van der Waals surface area contributed by atoms with Crippen molar-refractivity contribution in [3.63, 3.8) is 0 Å². The summed E-state index contributed by atoms with van der Waals surface area (Å²) >= 11 is 6.02. The van der Waals surface area contributed by atoms with Gasteiger partial charge in [-0.05, 0) is 23.8 Å². The summed E-state index contributed by atoms with van der Waals surface area (Å²) in [6.07, 6.45) is 5.96. The predicted octanol–water partition coefficient (Wildman–Crippen LogP) is 1.79. The number of piperazine rings is 1. The summed E-state index contributed by atoms with van der Waals surface area (Å²) < 4.78 is 0. The lowest BCUT2D eigenvalue weighted by atomic mass is 10.2. The van der Waals surface area contributed by atoms with E-state index >= 15 is 0 Å². The number of quaternary nitrogens is 1. The maximum atomic E-state index is 12.5. The van der Waals surface area contributed by atoms with Gasteiger partial charge < -0.3 is 9.80 Å². The van der Waals surface area contributed by atoms with Crippen molar-refractivity contribution in [2.24, 2.45) is 0 Å². The van der Waals surface area contributed by atoms with Gasteiger partial charge in [0.15, 0.2) is 0 Å². The van der Waals surface area contributed by atoms with Gasteiger partial charge in [0, 0.05) is 6.20 Å². The smallest absolute Gasteiger partial charge is 0.257 e. The molecule has 1 aromatic heterocycles. The lowest BCUT2D eigenvalue weighted by Gasteiger charge is -2.31. The van der Waals surface area contributed by atoms with Crippen LogP contribution >= 0.6 is 11.6 Å². The molecule has 0 saturated carbocycles. The van der Waals surface area contributed by atoms with Crippen LogP contribution in [0.3, 0.4) is 0 Å². The number of carbonyl (C=O) groups is 1. The van der Waals surface area contributed by atoms with Crippen molar-refractivity contribution in [3.8, 4) is 0 Å². The zero-order valence-corrected chi connectivity index (χ0v) is 14.2. The minimum atomic E-state index is -0.0213. The van der Waals surface area contributed by atoms with Crippen LogP contribution in [0.5, 0.6) is 0 Å². The van der Waals surface area contributed by atoms with Crippen molar-refractivity contribution in [1.82, 2.24) is 9.88 Å². The average molecular weight is 343 g/mol. The Hall–Kier alpha value is -2.17. The van der Waals surface area contributed by atoms with Crippen LogP contribution in [0.15, 0.2) is 54.7 Å². The Kier molecular flexibility index (Phi) is 5.62. The summed E-state index contributed by atoms with van der Waals surface area (Å²) in [6, 6.07) is 13.8. The highest BCUT2D eigenvalue weighted by Gasteiger charge is 2.25. The van der Waals surface area contributed by atoms with E-state index in [0.717, 1.165) is 32.7 Å². The van der Waals surface area contributed by atoms with Crippen molar-refractivity contribution < 1.29 is 9.69 Å². The van der Waals surface area contributed by atoms with E-state index in [-0.39, 0.29) is 11.1 Å². The molecule has 2 heterocycles. The van der Waals surface area contributed by atoms with Crippen LogP contribution in [-0.4, -0.2) is 48.5 Å². The predicted molar refractivity (Wildman–Crippen MR) is 96.2 cm³/mol. The minimum Gasteiger partial charge on any atom is -0.329 e. The van der Waals surface area contributed by atoms with E-state index in [0.29, 0.717) is 5.56 Å². The molecule has 1 aliphatic rings. The Morgan fingerprint density at radius 3 is 2.62 bits per heavy atom. The van der Waals surface area contributed by atoms with Gasteiger partial charge in [0.25, 0.3) is 5.91 Å².